The van der Waals surface area contributed by atoms with Crippen LogP contribution in [0.2, 0.25) is 0 Å². The average Bonchev–Trinajstić information content (AvgIpc) is 1.57. The SMILES string of the molecule is O=C(O)C1CC(O)C1. The first kappa shape index (κ1) is 5.56. The van der Waals surface area contributed by atoms with Crippen LogP contribution in [0.4, 0.5) is 0 Å². The molecule has 0 aromatic carbocycles. The Kier molecular flexibility index (Phi) is 1.21. The monoisotopic (exact) mass is 116 g/mol. The quantitative estimate of drug-likeness (QED) is 0.500. The van der Waals surface area contributed by atoms with Crippen LogP contribution in [0.5, 0.6) is 0 Å². The van der Waals surface area contributed by atoms with E-state index in [0.29, 0.717) is 12.8 Å². The van der Waals surface area contributed by atoms with Crippen molar-refractivity contribution in [1.29, 1.82) is 0 Å². The summed E-state index contributed by atoms with van der Waals surface area (Å²) in [7, 11) is 0. The number of carboxylic acids is 1. The minimum absolute atomic E-state index is 0.273. The van der Waals surface area contributed by atoms with Crippen molar-refractivity contribution in [2.75, 3.05) is 0 Å². The van der Waals surface area contributed by atoms with E-state index in [0.717, 1.165) is 0 Å². The Morgan fingerprint density at radius 2 is 2.00 bits per heavy atom. The Labute approximate surface area is 46.9 Å². The molecule has 0 spiro atoms. The molecule has 0 aromatic rings. The number of aliphatic hydroxyl groups excluding tert-OH is 1. The molecule has 0 unspecified atom stereocenters. The van der Waals surface area contributed by atoms with E-state index in [1.807, 2.05) is 0 Å². The van der Waals surface area contributed by atoms with Crippen LogP contribution in [0.3, 0.4) is 0 Å². The topological polar surface area (TPSA) is 57.5 Å². The zero-order valence-corrected chi connectivity index (χ0v) is 4.37. The molecule has 0 aromatic heterocycles. The Morgan fingerprint density at radius 3 is 2.12 bits per heavy atom. The molecular weight excluding hydrogens is 108 g/mol. The largest absolute Gasteiger partial charge is 0.481 e. The maximum Gasteiger partial charge on any atom is 0.306 e. The lowest BCUT2D eigenvalue weighted by molar-refractivity contribution is -0.148. The number of hydrogen-bond donors (Lipinski definition) is 2. The van der Waals surface area contributed by atoms with Gasteiger partial charge in [0.05, 0.1) is 12.0 Å². The van der Waals surface area contributed by atoms with Gasteiger partial charge in [-0.15, -0.1) is 0 Å². The van der Waals surface area contributed by atoms with Gasteiger partial charge in [0.15, 0.2) is 0 Å². The second-order valence-electron chi connectivity index (χ2n) is 2.16. The summed E-state index contributed by atoms with van der Waals surface area (Å²) >= 11 is 0. The summed E-state index contributed by atoms with van der Waals surface area (Å²) in [4.78, 5) is 10.0. The molecule has 1 aliphatic carbocycles. The van der Waals surface area contributed by atoms with Gasteiger partial charge in [-0.25, -0.2) is 0 Å². The van der Waals surface area contributed by atoms with E-state index in [4.69, 9.17) is 10.2 Å². The maximum absolute atomic E-state index is 10.0. The lowest BCUT2D eigenvalue weighted by atomic mass is 9.83. The smallest absolute Gasteiger partial charge is 0.306 e. The van der Waals surface area contributed by atoms with Gasteiger partial charge in [-0.3, -0.25) is 4.79 Å². The van der Waals surface area contributed by atoms with Crippen LogP contribution in [0.15, 0.2) is 0 Å². The molecule has 0 aliphatic heterocycles. The zero-order valence-electron chi connectivity index (χ0n) is 4.37. The molecule has 3 heteroatoms. The molecule has 46 valence electrons. The fraction of sp³-hybridized carbons (Fsp3) is 0.800. The first-order valence-corrected chi connectivity index (χ1v) is 2.61. The van der Waals surface area contributed by atoms with E-state index >= 15 is 0 Å². The van der Waals surface area contributed by atoms with Crippen LogP contribution in [-0.4, -0.2) is 22.3 Å². The summed E-state index contributed by atoms with van der Waals surface area (Å²) in [5.41, 5.74) is 0. The second kappa shape index (κ2) is 1.74. The molecule has 0 atom stereocenters. The highest BCUT2D eigenvalue weighted by atomic mass is 16.4. The lowest BCUT2D eigenvalue weighted by Gasteiger charge is -2.27. The van der Waals surface area contributed by atoms with Crippen molar-refractivity contribution in [3.8, 4) is 0 Å². The van der Waals surface area contributed by atoms with Gasteiger partial charge in [0.25, 0.3) is 0 Å². The predicted molar refractivity (Wildman–Crippen MR) is 26.4 cm³/mol. The van der Waals surface area contributed by atoms with E-state index in [9.17, 15) is 4.79 Å². The summed E-state index contributed by atoms with van der Waals surface area (Å²) in [6.45, 7) is 0. The molecule has 0 bridgehead atoms. The second-order valence-corrected chi connectivity index (χ2v) is 2.16. The predicted octanol–water partition coefficient (Wildman–Crippen LogP) is -0.158. The number of carbonyl (C=O) groups is 1. The van der Waals surface area contributed by atoms with Crippen molar-refractivity contribution < 1.29 is 15.0 Å². The fourth-order valence-corrected chi connectivity index (χ4v) is 0.789. The number of hydrogen-bond acceptors (Lipinski definition) is 2. The lowest BCUT2D eigenvalue weighted by Crippen LogP contribution is -2.33. The van der Waals surface area contributed by atoms with Gasteiger partial charge in [0, 0.05) is 0 Å². The average molecular weight is 116 g/mol. The molecule has 0 radical (unpaired) electrons. The first-order valence-electron chi connectivity index (χ1n) is 2.61. The van der Waals surface area contributed by atoms with Gasteiger partial charge in [0.2, 0.25) is 0 Å². The third-order valence-corrected chi connectivity index (χ3v) is 1.46. The number of aliphatic carboxylic acids is 1. The van der Waals surface area contributed by atoms with Gasteiger partial charge in [0.1, 0.15) is 0 Å². The van der Waals surface area contributed by atoms with Crippen molar-refractivity contribution in [3.05, 3.63) is 0 Å². The standard InChI is InChI=1S/C5H8O3/c6-4-1-3(2-4)5(7)8/h3-4,6H,1-2H2,(H,7,8). The van der Waals surface area contributed by atoms with Crippen molar-refractivity contribution in [3.63, 3.8) is 0 Å². The van der Waals surface area contributed by atoms with Gasteiger partial charge in [-0.1, -0.05) is 0 Å². The number of rotatable bonds is 1. The summed E-state index contributed by atoms with van der Waals surface area (Å²) in [5, 5.41) is 16.8. The summed E-state index contributed by atoms with van der Waals surface area (Å²) < 4.78 is 0. The Bertz CT molecular complexity index is 104. The molecule has 0 saturated heterocycles. The molecular formula is C5H8O3. The third-order valence-electron chi connectivity index (χ3n) is 1.46. The molecule has 2 N–H and O–H groups in total. The van der Waals surface area contributed by atoms with Gasteiger partial charge in [-0.05, 0) is 12.8 Å². The third kappa shape index (κ3) is 0.816. The highest BCUT2D eigenvalue weighted by Crippen LogP contribution is 2.26. The number of carboxylic acid groups (broad SMARTS) is 1. The van der Waals surface area contributed by atoms with E-state index in [1.165, 1.54) is 0 Å². The van der Waals surface area contributed by atoms with Crippen molar-refractivity contribution in [2.24, 2.45) is 5.92 Å². The van der Waals surface area contributed by atoms with Gasteiger partial charge in [-0.2, -0.15) is 0 Å². The summed E-state index contributed by atoms with van der Waals surface area (Å²) in [5.74, 6) is -1.06. The van der Waals surface area contributed by atoms with E-state index in [2.05, 4.69) is 0 Å². The first-order chi connectivity index (χ1) is 3.70. The van der Waals surface area contributed by atoms with Crippen LogP contribution in [0.25, 0.3) is 0 Å². The van der Waals surface area contributed by atoms with Crippen LogP contribution < -0.4 is 0 Å². The molecule has 0 heterocycles. The van der Waals surface area contributed by atoms with Gasteiger partial charge < -0.3 is 10.2 Å². The van der Waals surface area contributed by atoms with Crippen LogP contribution in [0, 0.1) is 5.92 Å². The number of aliphatic hydroxyl groups is 1. The fourth-order valence-electron chi connectivity index (χ4n) is 0.789. The molecule has 1 saturated carbocycles. The molecule has 1 rings (SSSR count). The van der Waals surface area contributed by atoms with E-state index in [-0.39, 0.29) is 12.0 Å². The zero-order chi connectivity index (χ0) is 6.15. The molecule has 0 amide bonds. The molecule has 8 heavy (non-hydrogen) atoms. The Morgan fingerprint density at radius 1 is 1.50 bits per heavy atom. The van der Waals surface area contributed by atoms with Crippen molar-refractivity contribution >= 4 is 5.97 Å². The van der Waals surface area contributed by atoms with Crippen LogP contribution in [-0.2, 0) is 4.79 Å². The van der Waals surface area contributed by atoms with Gasteiger partial charge >= 0.3 is 5.97 Å². The maximum atomic E-state index is 10.0. The van der Waals surface area contributed by atoms with Crippen molar-refractivity contribution in [1.82, 2.24) is 0 Å². The Balaban J connectivity index is 2.25. The molecule has 3 nitrogen and oxygen atoms in total. The minimum Gasteiger partial charge on any atom is -0.481 e. The highest BCUT2D eigenvalue weighted by molar-refractivity contribution is 5.71. The summed E-state index contributed by atoms with van der Waals surface area (Å²) in [6.07, 6.45) is 0.529. The molecule has 1 aliphatic rings. The summed E-state index contributed by atoms with van der Waals surface area (Å²) in [6, 6.07) is 0. The molecule has 1 fully saturated rings. The van der Waals surface area contributed by atoms with Crippen LogP contribution in [0.1, 0.15) is 12.8 Å². The van der Waals surface area contributed by atoms with Crippen LogP contribution >= 0.6 is 0 Å². The minimum atomic E-state index is -0.782. The normalized spacial score (nSPS) is 36.1. The van der Waals surface area contributed by atoms with E-state index in [1.54, 1.807) is 0 Å². The van der Waals surface area contributed by atoms with Crippen molar-refractivity contribution in [2.45, 2.75) is 18.9 Å². The van der Waals surface area contributed by atoms with E-state index < -0.39 is 5.97 Å². The Hall–Kier alpha value is -0.570. The highest BCUT2D eigenvalue weighted by Gasteiger charge is 2.32.